The van der Waals surface area contributed by atoms with Gasteiger partial charge in [0.1, 0.15) is 11.2 Å². The average molecular weight is 460 g/mol. The fourth-order valence-corrected chi connectivity index (χ4v) is 4.61. The van der Waals surface area contributed by atoms with E-state index in [1.807, 2.05) is 34.9 Å². The van der Waals surface area contributed by atoms with Gasteiger partial charge in [0.05, 0.1) is 16.6 Å². The van der Waals surface area contributed by atoms with Crippen molar-refractivity contribution in [2.24, 2.45) is 5.92 Å². The molecule has 1 aromatic heterocycles. The maximum absolute atomic E-state index is 12.9. The minimum absolute atomic E-state index is 0.238. The Morgan fingerprint density at radius 2 is 1.81 bits per heavy atom. The first kappa shape index (κ1) is 23.2. The normalized spacial score (nSPS) is 12.9. The molecular formula is C23H26ClN3O3S. The van der Waals surface area contributed by atoms with Gasteiger partial charge < -0.3 is 10.4 Å². The minimum Gasteiger partial charge on any atom is -0.480 e. The zero-order valence-electron chi connectivity index (χ0n) is 18.1. The van der Waals surface area contributed by atoms with Crippen LogP contribution in [0.5, 0.6) is 0 Å². The van der Waals surface area contributed by atoms with Crippen LogP contribution in [-0.4, -0.2) is 37.3 Å². The molecule has 0 radical (unpaired) electrons. The lowest BCUT2D eigenvalue weighted by atomic mass is 10.0. The van der Waals surface area contributed by atoms with Gasteiger partial charge >= 0.3 is 5.97 Å². The van der Waals surface area contributed by atoms with Gasteiger partial charge in [-0.15, -0.1) is 0 Å². The number of carbonyl (C=O) groups is 2. The molecule has 0 aliphatic carbocycles. The molecule has 8 heteroatoms. The van der Waals surface area contributed by atoms with Crippen molar-refractivity contribution in [3.63, 3.8) is 0 Å². The number of aliphatic carboxylic acids is 1. The molecule has 0 aliphatic rings. The largest absolute Gasteiger partial charge is 0.480 e. The van der Waals surface area contributed by atoms with Crippen molar-refractivity contribution in [1.29, 1.82) is 0 Å². The number of aryl methyl sites for hydroxylation is 1. The number of aromatic nitrogens is 2. The molecule has 2 N–H and O–H groups in total. The quantitative estimate of drug-likeness (QED) is 0.481. The van der Waals surface area contributed by atoms with Gasteiger partial charge in [-0.25, -0.2) is 9.78 Å². The molecule has 1 atom stereocenters. The second-order valence-corrected chi connectivity index (χ2v) is 10.3. The number of nitrogens with zero attached hydrogens (tertiary/aromatic N) is 2. The Bertz CT molecular complexity index is 1140. The van der Waals surface area contributed by atoms with Crippen LogP contribution < -0.4 is 5.32 Å². The molecule has 1 unspecified atom stereocenters. The monoisotopic (exact) mass is 459 g/mol. The van der Waals surface area contributed by atoms with Crippen molar-refractivity contribution >= 4 is 46.0 Å². The van der Waals surface area contributed by atoms with Gasteiger partial charge in [-0.3, -0.25) is 9.36 Å². The maximum atomic E-state index is 12.9. The molecule has 164 valence electrons. The van der Waals surface area contributed by atoms with Gasteiger partial charge in [0.2, 0.25) is 5.91 Å². The van der Waals surface area contributed by atoms with Crippen LogP contribution in [0.4, 0.5) is 0 Å². The summed E-state index contributed by atoms with van der Waals surface area (Å²) < 4.78 is 0.843. The molecule has 31 heavy (non-hydrogen) atoms. The first-order valence-corrected chi connectivity index (χ1v) is 11.2. The summed E-state index contributed by atoms with van der Waals surface area (Å²) in [6.07, 6.45) is 1.56. The molecule has 1 amide bonds. The summed E-state index contributed by atoms with van der Waals surface area (Å²) in [6, 6.07) is 11.1. The number of carboxylic acid groups (broad SMARTS) is 1. The molecule has 0 saturated carbocycles. The predicted octanol–water partition coefficient (Wildman–Crippen LogP) is 5.08. The highest BCUT2D eigenvalue weighted by atomic mass is 35.5. The van der Waals surface area contributed by atoms with Crippen molar-refractivity contribution < 1.29 is 14.7 Å². The first-order valence-electron chi connectivity index (χ1n) is 9.97. The highest BCUT2D eigenvalue weighted by molar-refractivity contribution is 8.01. The van der Waals surface area contributed by atoms with Gasteiger partial charge in [-0.1, -0.05) is 67.5 Å². The molecule has 0 fully saturated rings. The summed E-state index contributed by atoms with van der Waals surface area (Å²) in [7, 11) is 0. The molecular weight excluding hydrogens is 434 g/mol. The van der Waals surface area contributed by atoms with Crippen LogP contribution >= 0.6 is 23.4 Å². The number of amides is 1. The van der Waals surface area contributed by atoms with Gasteiger partial charge in [0.15, 0.2) is 5.16 Å². The summed E-state index contributed by atoms with van der Waals surface area (Å²) in [5.74, 6) is -1.67. The molecule has 0 saturated heterocycles. The summed E-state index contributed by atoms with van der Waals surface area (Å²) in [5, 5.41) is 15.2. The highest BCUT2D eigenvalue weighted by Gasteiger charge is 2.35. The third-order valence-corrected chi connectivity index (χ3v) is 6.59. The predicted molar refractivity (Wildman–Crippen MR) is 125 cm³/mol. The Hall–Kier alpha value is -2.51. The number of nitrogens with one attached hydrogen (secondary N) is 1. The van der Waals surface area contributed by atoms with E-state index in [-0.39, 0.29) is 11.8 Å². The van der Waals surface area contributed by atoms with Gasteiger partial charge in [0, 0.05) is 5.39 Å². The van der Waals surface area contributed by atoms with Crippen LogP contribution in [0.25, 0.3) is 16.5 Å². The van der Waals surface area contributed by atoms with Crippen LogP contribution in [0, 0.1) is 12.8 Å². The minimum atomic E-state index is -1.06. The fraction of sp³-hybridized carbons (Fsp3) is 0.348. The van der Waals surface area contributed by atoms with Crippen molar-refractivity contribution in [3.05, 3.63) is 53.3 Å². The second-order valence-electron chi connectivity index (χ2n) is 8.29. The SMILES string of the molecule is Cc1ccc(-n2c(Cl)cnc2SC(C)(C)C(=O)NC(C(=O)O)C(C)C)c2ccccc12. The average Bonchev–Trinajstić information content (AvgIpc) is 3.05. The zero-order valence-corrected chi connectivity index (χ0v) is 19.7. The molecule has 3 aromatic rings. The van der Waals surface area contributed by atoms with E-state index in [0.29, 0.717) is 10.3 Å². The van der Waals surface area contributed by atoms with Crippen LogP contribution in [0.3, 0.4) is 0 Å². The second kappa shape index (κ2) is 8.93. The van der Waals surface area contributed by atoms with Crippen molar-refractivity contribution in [2.45, 2.75) is 50.6 Å². The Labute approximate surface area is 191 Å². The lowest BCUT2D eigenvalue weighted by Crippen LogP contribution is -2.50. The topological polar surface area (TPSA) is 84.2 Å². The van der Waals surface area contributed by atoms with E-state index < -0.39 is 16.8 Å². The molecule has 0 aliphatic heterocycles. The molecule has 1 heterocycles. The van der Waals surface area contributed by atoms with Crippen molar-refractivity contribution in [1.82, 2.24) is 14.9 Å². The van der Waals surface area contributed by atoms with Gasteiger partial charge in [-0.05, 0) is 43.7 Å². The number of rotatable bonds is 7. The number of hydrogen-bond acceptors (Lipinski definition) is 4. The van der Waals surface area contributed by atoms with Crippen molar-refractivity contribution in [3.8, 4) is 5.69 Å². The number of carboxylic acids is 1. The fourth-order valence-electron chi connectivity index (χ4n) is 3.34. The summed E-state index contributed by atoms with van der Waals surface area (Å²) in [5.41, 5.74) is 2.02. The number of benzene rings is 2. The maximum Gasteiger partial charge on any atom is 0.326 e. The standard InChI is InChI=1S/C23H26ClN3O3S/c1-13(2)19(20(28)29)26-21(30)23(4,5)31-22-25-12-18(24)27(22)17-11-10-14(3)15-8-6-7-9-16(15)17/h6-13,19H,1-5H3,(H,26,30)(H,28,29). The molecule has 2 aromatic carbocycles. The number of halogens is 1. The summed E-state index contributed by atoms with van der Waals surface area (Å²) >= 11 is 7.74. The van der Waals surface area contributed by atoms with E-state index in [4.69, 9.17) is 11.6 Å². The molecule has 3 rings (SSSR count). The third-order valence-electron chi connectivity index (χ3n) is 5.16. The number of thioether (sulfide) groups is 1. The lowest BCUT2D eigenvalue weighted by molar-refractivity contribution is -0.143. The number of imidazole rings is 1. The lowest BCUT2D eigenvalue weighted by Gasteiger charge is -2.27. The van der Waals surface area contributed by atoms with E-state index in [1.54, 1.807) is 33.9 Å². The molecule has 0 spiro atoms. The van der Waals surface area contributed by atoms with E-state index in [0.717, 1.165) is 22.0 Å². The van der Waals surface area contributed by atoms with E-state index >= 15 is 0 Å². The van der Waals surface area contributed by atoms with E-state index in [9.17, 15) is 14.7 Å². The van der Waals surface area contributed by atoms with Crippen LogP contribution in [0.1, 0.15) is 33.3 Å². The number of fused-ring (bicyclic) bond motifs is 1. The van der Waals surface area contributed by atoms with Crippen LogP contribution in [-0.2, 0) is 9.59 Å². The molecule has 6 nitrogen and oxygen atoms in total. The highest BCUT2D eigenvalue weighted by Crippen LogP contribution is 2.37. The number of hydrogen-bond donors (Lipinski definition) is 2. The van der Waals surface area contributed by atoms with Crippen LogP contribution in [0.15, 0.2) is 47.8 Å². The summed E-state index contributed by atoms with van der Waals surface area (Å²) in [4.78, 5) is 28.9. The Morgan fingerprint density at radius 1 is 1.16 bits per heavy atom. The third kappa shape index (κ3) is 4.72. The Balaban J connectivity index is 1.98. The zero-order chi connectivity index (χ0) is 22.9. The Morgan fingerprint density at radius 3 is 2.42 bits per heavy atom. The smallest absolute Gasteiger partial charge is 0.326 e. The summed E-state index contributed by atoms with van der Waals surface area (Å²) in [6.45, 7) is 9.06. The van der Waals surface area contributed by atoms with Crippen molar-refractivity contribution in [2.75, 3.05) is 0 Å². The number of carbonyl (C=O) groups excluding carboxylic acids is 1. The van der Waals surface area contributed by atoms with Gasteiger partial charge in [0.25, 0.3) is 0 Å². The van der Waals surface area contributed by atoms with Crippen LogP contribution in [0.2, 0.25) is 5.15 Å². The Kier molecular flexibility index (Phi) is 6.67. The van der Waals surface area contributed by atoms with E-state index in [1.165, 1.54) is 11.8 Å². The van der Waals surface area contributed by atoms with Gasteiger partial charge in [-0.2, -0.15) is 0 Å². The first-order chi connectivity index (χ1) is 14.5. The van der Waals surface area contributed by atoms with E-state index in [2.05, 4.69) is 23.3 Å². The molecule has 0 bridgehead atoms.